The summed E-state index contributed by atoms with van der Waals surface area (Å²) in [6.07, 6.45) is 0. The first kappa shape index (κ1) is 9.09. The lowest BCUT2D eigenvalue weighted by Crippen LogP contribution is -1.78. The van der Waals surface area contributed by atoms with Crippen LogP contribution < -0.4 is 5.73 Å². The van der Waals surface area contributed by atoms with Crippen LogP contribution in [-0.4, -0.2) is 10.1 Å². The van der Waals surface area contributed by atoms with Gasteiger partial charge in [-0.15, -0.1) is 12.4 Å². The van der Waals surface area contributed by atoms with Crippen LogP contribution in [0, 0.1) is 0 Å². The van der Waals surface area contributed by atoms with Crippen LogP contribution in [0.15, 0.2) is 18.2 Å². The molecule has 64 valence electrons. The number of phenolic OH excluding ortho intramolecular Hbond substituents is 1. The van der Waals surface area contributed by atoms with Crippen molar-refractivity contribution in [2.75, 3.05) is 5.73 Å². The second-order valence-corrected chi connectivity index (χ2v) is 3.27. The molecule has 0 aliphatic rings. The summed E-state index contributed by atoms with van der Waals surface area (Å²) in [6.45, 7) is 0. The van der Waals surface area contributed by atoms with E-state index in [1.165, 1.54) is 11.3 Å². The average molecular weight is 203 g/mol. The van der Waals surface area contributed by atoms with Crippen LogP contribution in [0.25, 0.3) is 10.2 Å². The fraction of sp³-hybridized carbons (Fsp3) is 0. The number of aromatic hydroxyl groups is 1. The molecule has 0 aliphatic heterocycles. The number of nitrogen functional groups attached to an aromatic ring is 1. The van der Waals surface area contributed by atoms with Gasteiger partial charge in [-0.1, -0.05) is 11.3 Å². The van der Waals surface area contributed by atoms with E-state index in [2.05, 4.69) is 4.98 Å². The maximum Gasteiger partial charge on any atom is 0.181 e. The van der Waals surface area contributed by atoms with E-state index in [0.717, 1.165) is 10.2 Å². The highest BCUT2D eigenvalue weighted by molar-refractivity contribution is 7.22. The predicted octanol–water partition coefficient (Wildman–Crippen LogP) is 2.01. The molecule has 5 heteroatoms. The topological polar surface area (TPSA) is 59.1 Å². The molecular weight excluding hydrogens is 196 g/mol. The second kappa shape index (κ2) is 3.16. The Labute approximate surface area is 79.3 Å². The van der Waals surface area contributed by atoms with Gasteiger partial charge in [-0.25, -0.2) is 4.98 Å². The number of aromatic nitrogens is 1. The molecule has 1 heterocycles. The highest BCUT2D eigenvalue weighted by atomic mass is 35.5. The minimum absolute atomic E-state index is 0. The number of nitrogens with zero attached hydrogens (tertiary/aromatic N) is 1. The van der Waals surface area contributed by atoms with Gasteiger partial charge in [0.15, 0.2) is 5.13 Å². The molecule has 0 radical (unpaired) electrons. The van der Waals surface area contributed by atoms with Gasteiger partial charge in [0.25, 0.3) is 0 Å². The summed E-state index contributed by atoms with van der Waals surface area (Å²) in [5, 5.41) is 9.60. The first-order valence-electron chi connectivity index (χ1n) is 3.11. The van der Waals surface area contributed by atoms with Crippen LogP contribution >= 0.6 is 23.7 Å². The number of nitrogens with two attached hydrogens (primary N) is 1. The van der Waals surface area contributed by atoms with Crippen molar-refractivity contribution >= 4 is 39.1 Å². The number of anilines is 1. The molecule has 0 fully saturated rings. The van der Waals surface area contributed by atoms with Gasteiger partial charge in [0.2, 0.25) is 0 Å². The van der Waals surface area contributed by atoms with Gasteiger partial charge in [-0.05, 0) is 12.1 Å². The Morgan fingerprint density at radius 2 is 2.17 bits per heavy atom. The summed E-state index contributed by atoms with van der Waals surface area (Å²) >= 11 is 1.42. The molecule has 0 atom stereocenters. The number of hydrogen-bond acceptors (Lipinski definition) is 4. The van der Waals surface area contributed by atoms with Crippen molar-refractivity contribution in [3.63, 3.8) is 0 Å². The van der Waals surface area contributed by atoms with E-state index in [1.54, 1.807) is 18.2 Å². The molecule has 0 saturated heterocycles. The molecule has 0 bridgehead atoms. The van der Waals surface area contributed by atoms with Gasteiger partial charge < -0.3 is 10.8 Å². The first-order chi connectivity index (χ1) is 5.25. The Morgan fingerprint density at radius 3 is 2.92 bits per heavy atom. The summed E-state index contributed by atoms with van der Waals surface area (Å²) in [6, 6.07) is 5.03. The van der Waals surface area contributed by atoms with Gasteiger partial charge >= 0.3 is 0 Å². The van der Waals surface area contributed by atoms with E-state index in [-0.39, 0.29) is 18.2 Å². The van der Waals surface area contributed by atoms with Crippen molar-refractivity contribution in [2.45, 2.75) is 0 Å². The minimum atomic E-state index is 0. The highest BCUT2D eigenvalue weighted by Crippen LogP contribution is 2.26. The Kier molecular flexibility index (Phi) is 2.40. The summed E-state index contributed by atoms with van der Waals surface area (Å²) < 4.78 is 1.00. The van der Waals surface area contributed by atoms with Crippen LogP contribution in [-0.2, 0) is 0 Å². The van der Waals surface area contributed by atoms with Gasteiger partial charge in [0.1, 0.15) is 5.75 Å². The van der Waals surface area contributed by atoms with Gasteiger partial charge in [-0.3, -0.25) is 0 Å². The Balaban J connectivity index is 0.000000720. The third-order valence-corrected chi connectivity index (χ3v) is 2.25. The van der Waals surface area contributed by atoms with Crippen molar-refractivity contribution in [1.29, 1.82) is 0 Å². The number of benzene rings is 1. The van der Waals surface area contributed by atoms with Gasteiger partial charge in [-0.2, -0.15) is 0 Å². The lowest BCUT2D eigenvalue weighted by molar-refractivity contribution is 0.476. The predicted molar refractivity (Wildman–Crippen MR) is 52.9 cm³/mol. The fourth-order valence-electron chi connectivity index (χ4n) is 0.934. The monoisotopic (exact) mass is 202 g/mol. The standard InChI is InChI=1S/C7H6N2OS.ClH/c8-7-9-5-3-4(10)1-2-6(5)11-7;/h1-3,10H,(H2,8,9);1H. The van der Waals surface area contributed by atoms with E-state index < -0.39 is 0 Å². The van der Waals surface area contributed by atoms with Crippen LogP contribution in [0.4, 0.5) is 5.13 Å². The molecule has 12 heavy (non-hydrogen) atoms. The van der Waals surface area contributed by atoms with E-state index >= 15 is 0 Å². The van der Waals surface area contributed by atoms with Crippen molar-refractivity contribution in [3.05, 3.63) is 18.2 Å². The first-order valence-corrected chi connectivity index (χ1v) is 3.92. The van der Waals surface area contributed by atoms with Crippen LogP contribution in [0.2, 0.25) is 0 Å². The average Bonchev–Trinajstić information content (AvgIpc) is 2.27. The molecule has 0 amide bonds. The van der Waals surface area contributed by atoms with Crippen molar-refractivity contribution in [1.82, 2.24) is 4.98 Å². The number of rotatable bonds is 0. The van der Waals surface area contributed by atoms with Crippen LogP contribution in [0.3, 0.4) is 0 Å². The molecule has 1 aromatic heterocycles. The molecular formula is C7H7ClN2OS. The SMILES string of the molecule is Cl.Nc1nc2cc(O)ccc2s1. The van der Waals surface area contributed by atoms with Crippen LogP contribution in [0.5, 0.6) is 5.75 Å². The zero-order valence-corrected chi connectivity index (χ0v) is 7.65. The van der Waals surface area contributed by atoms with E-state index in [4.69, 9.17) is 10.8 Å². The molecule has 0 unspecified atom stereocenters. The van der Waals surface area contributed by atoms with Crippen molar-refractivity contribution in [3.8, 4) is 5.75 Å². The quantitative estimate of drug-likeness (QED) is 0.687. The number of hydrogen-bond donors (Lipinski definition) is 2. The molecule has 3 N–H and O–H groups in total. The number of phenols is 1. The normalized spacial score (nSPS) is 9.67. The Hall–Kier alpha value is -1.00. The summed E-state index contributed by atoms with van der Waals surface area (Å²) in [4.78, 5) is 4.01. The number of fused-ring (bicyclic) bond motifs is 1. The zero-order chi connectivity index (χ0) is 7.84. The molecule has 0 spiro atoms. The summed E-state index contributed by atoms with van der Waals surface area (Å²) in [5.41, 5.74) is 6.22. The maximum absolute atomic E-state index is 9.06. The highest BCUT2D eigenvalue weighted by Gasteiger charge is 1.99. The molecule has 0 saturated carbocycles. The molecule has 3 nitrogen and oxygen atoms in total. The molecule has 2 aromatic rings. The van der Waals surface area contributed by atoms with Crippen molar-refractivity contribution < 1.29 is 5.11 Å². The lowest BCUT2D eigenvalue weighted by atomic mass is 10.3. The fourth-order valence-corrected chi connectivity index (χ4v) is 1.65. The third kappa shape index (κ3) is 1.44. The molecule has 1 aromatic carbocycles. The van der Waals surface area contributed by atoms with E-state index in [1.807, 2.05) is 0 Å². The summed E-state index contributed by atoms with van der Waals surface area (Å²) in [7, 11) is 0. The van der Waals surface area contributed by atoms with Crippen molar-refractivity contribution in [2.24, 2.45) is 0 Å². The maximum atomic E-state index is 9.06. The number of thiazole rings is 1. The zero-order valence-electron chi connectivity index (χ0n) is 6.02. The van der Waals surface area contributed by atoms with Gasteiger partial charge in [0.05, 0.1) is 10.2 Å². The second-order valence-electron chi connectivity index (χ2n) is 2.20. The van der Waals surface area contributed by atoms with Crippen LogP contribution in [0.1, 0.15) is 0 Å². The lowest BCUT2D eigenvalue weighted by Gasteiger charge is -1.87. The van der Waals surface area contributed by atoms with Gasteiger partial charge in [0, 0.05) is 6.07 Å². The third-order valence-electron chi connectivity index (χ3n) is 1.39. The van der Waals surface area contributed by atoms with E-state index in [0.29, 0.717) is 5.13 Å². The number of halogens is 1. The molecule has 0 aliphatic carbocycles. The summed E-state index contributed by atoms with van der Waals surface area (Å²) in [5.74, 6) is 0.225. The Morgan fingerprint density at radius 1 is 1.42 bits per heavy atom. The largest absolute Gasteiger partial charge is 0.508 e. The minimum Gasteiger partial charge on any atom is -0.508 e. The Bertz CT molecular complexity index is 401. The smallest absolute Gasteiger partial charge is 0.181 e. The van der Waals surface area contributed by atoms with E-state index in [9.17, 15) is 0 Å². The molecule has 2 rings (SSSR count).